The van der Waals surface area contributed by atoms with Crippen molar-refractivity contribution in [2.75, 3.05) is 0 Å². The van der Waals surface area contributed by atoms with Gasteiger partial charge in [0, 0.05) is 17.8 Å². The minimum absolute atomic E-state index is 0.151. The number of nitrogens with one attached hydrogen (secondary N) is 1. The van der Waals surface area contributed by atoms with E-state index in [1.165, 1.54) is 12.3 Å². The molecule has 0 spiro atoms. The zero-order valence-corrected chi connectivity index (χ0v) is 11.4. The van der Waals surface area contributed by atoms with Crippen molar-refractivity contribution >= 4 is 23.1 Å². The van der Waals surface area contributed by atoms with E-state index in [0.29, 0.717) is 5.56 Å². The van der Waals surface area contributed by atoms with Crippen molar-refractivity contribution in [2.24, 2.45) is 0 Å². The van der Waals surface area contributed by atoms with Gasteiger partial charge in [-0.3, -0.25) is 25.0 Å². The number of non-ortho nitro benzene ring substituents is 1. The molecule has 0 bridgehead atoms. The lowest BCUT2D eigenvalue weighted by atomic mass is 10.3. The predicted molar refractivity (Wildman–Crippen MR) is 73.5 cm³/mol. The first-order chi connectivity index (χ1) is 9.88. The van der Waals surface area contributed by atoms with Crippen LogP contribution in [0.15, 0.2) is 39.2 Å². The van der Waals surface area contributed by atoms with Crippen LogP contribution in [0.3, 0.4) is 0 Å². The summed E-state index contributed by atoms with van der Waals surface area (Å²) in [6.45, 7) is 1.58. The Morgan fingerprint density at radius 3 is 2.52 bits per heavy atom. The summed E-state index contributed by atoms with van der Waals surface area (Å²) in [5, 5.41) is 21.8. The Labute approximate surface area is 121 Å². The number of benzene rings is 1. The second kappa shape index (κ2) is 5.71. The molecular weight excluding hydrogens is 300 g/mol. The standard InChI is InChI=1S/C11H8N4O5S/c1-6-5-12-11(13-10(6)16)21-9-3-2-7(14(17)18)4-8(9)15(19)20/h2-5H,1H3,(H,12,13,16). The summed E-state index contributed by atoms with van der Waals surface area (Å²) in [6, 6.07) is 3.27. The number of rotatable bonds is 4. The van der Waals surface area contributed by atoms with Crippen LogP contribution >= 0.6 is 11.8 Å². The van der Waals surface area contributed by atoms with Crippen molar-refractivity contribution in [1.29, 1.82) is 0 Å². The molecule has 0 aliphatic rings. The Hall–Kier alpha value is -2.75. The summed E-state index contributed by atoms with van der Waals surface area (Å²) in [7, 11) is 0. The van der Waals surface area contributed by atoms with Crippen molar-refractivity contribution in [3.8, 4) is 0 Å². The molecule has 1 N–H and O–H groups in total. The normalized spacial score (nSPS) is 10.3. The highest BCUT2D eigenvalue weighted by Gasteiger charge is 2.20. The lowest BCUT2D eigenvalue weighted by Crippen LogP contribution is -2.10. The molecule has 2 rings (SSSR count). The maximum Gasteiger partial charge on any atom is 0.290 e. The summed E-state index contributed by atoms with van der Waals surface area (Å²) < 4.78 is 0. The Morgan fingerprint density at radius 1 is 1.24 bits per heavy atom. The first-order valence-electron chi connectivity index (χ1n) is 5.55. The Morgan fingerprint density at radius 2 is 1.95 bits per heavy atom. The zero-order chi connectivity index (χ0) is 15.6. The fourth-order valence-electron chi connectivity index (χ4n) is 1.45. The molecule has 1 heterocycles. The third-order valence-corrected chi connectivity index (χ3v) is 3.48. The fourth-order valence-corrected chi connectivity index (χ4v) is 2.28. The molecule has 10 heteroatoms. The van der Waals surface area contributed by atoms with E-state index in [-0.39, 0.29) is 21.3 Å². The van der Waals surface area contributed by atoms with Crippen LogP contribution in [0.2, 0.25) is 0 Å². The molecule has 0 atom stereocenters. The van der Waals surface area contributed by atoms with Gasteiger partial charge in [-0.05, 0) is 24.8 Å². The maximum atomic E-state index is 11.5. The van der Waals surface area contributed by atoms with Crippen molar-refractivity contribution in [3.63, 3.8) is 0 Å². The molecule has 0 radical (unpaired) electrons. The Bertz CT molecular complexity index is 788. The summed E-state index contributed by atoms with van der Waals surface area (Å²) in [4.78, 5) is 38.2. The minimum Gasteiger partial charge on any atom is -0.301 e. The average molecular weight is 308 g/mol. The summed E-state index contributed by atoms with van der Waals surface area (Å²) in [5.74, 6) is 0. The third kappa shape index (κ3) is 3.23. The Kier molecular flexibility index (Phi) is 3.98. The monoisotopic (exact) mass is 308 g/mol. The second-order valence-corrected chi connectivity index (χ2v) is 5.00. The number of nitro groups is 2. The molecule has 2 aromatic rings. The van der Waals surface area contributed by atoms with Gasteiger partial charge in [0.05, 0.1) is 20.8 Å². The van der Waals surface area contributed by atoms with E-state index in [2.05, 4.69) is 9.97 Å². The highest BCUT2D eigenvalue weighted by Crippen LogP contribution is 2.34. The molecule has 0 aliphatic carbocycles. The van der Waals surface area contributed by atoms with E-state index in [0.717, 1.165) is 23.9 Å². The third-order valence-electron chi connectivity index (χ3n) is 2.51. The molecule has 1 aromatic heterocycles. The van der Waals surface area contributed by atoms with Gasteiger partial charge in [0.25, 0.3) is 16.9 Å². The number of hydrogen-bond acceptors (Lipinski definition) is 7. The highest BCUT2D eigenvalue weighted by molar-refractivity contribution is 7.99. The molecule has 0 aliphatic heterocycles. The van der Waals surface area contributed by atoms with Crippen LogP contribution in [0.1, 0.15) is 5.56 Å². The van der Waals surface area contributed by atoms with Crippen LogP contribution in [-0.2, 0) is 0 Å². The molecule has 0 amide bonds. The van der Waals surface area contributed by atoms with E-state index >= 15 is 0 Å². The highest BCUT2D eigenvalue weighted by atomic mass is 32.2. The maximum absolute atomic E-state index is 11.5. The van der Waals surface area contributed by atoms with Crippen molar-refractivity contribution < 1.29 is 9.85 Å². The Balaban J connectivity index is 2.43. The average Bonchev–Trinajstić information content (AvgIpc) is 2.43. The van der Waals surface area contributed by atoms with E-state index < -0.39 is 15.5 Å². The first-order valence-corrected chi connectivity index (χ1v) is 6.36. The van der Waals surface area contributed by atoms with Crippen molar-refractivity contribution in [3.05, 3.63) is 60.5 Å². The summed E-state index contributed by atoms with van der Waals surface area (Å²) in [6.07, 6.45) is 1.35. The number of nitrogens with zero attached hydrogens (tertiary/aromatic N) is 3. The van der Waals surface area contributed by atoms with Gasteiger partial charge >= 0.3 is 0 Å². The van der Waals surface area contributed by atoms with E-state index in [4.69, 9.17) is 0 Å². The van der Waals surface area contributed by atoms with Crippen LogP contribution in [0.5, 0.6) is 0 Å². The van der Waals surface area contributed by atoms with Crippen LogP contribution in [0, 0.1) is 27.2 Å². The molecule has 108 valence electrons. The number of aromatic amines is 1. The van der Waals surface area contributed by atoms with Gasteiger partial charge in [-0.2, -0.15) is 0 Å². The largest absolute Gasteiger partial charge is 0.301 e. The van der Waals surface area contributed by atoms with Crippen LogP contribution in [-0.4, -0.2) is 19.8 Å². The SMILES string of the molecule is Cc1cnc(Sc2ccc([N+](=O)[O-])cc2[N+](=O)[O-])[nH]c1=O. The molecule has 0 fully saturated rings. The smallest absolute Gasteiger partial charge is 0.290 e. The van der Waals surface area contributed by atoms with E-state index in [1.54, 1.807) is 6.92 Å². The topological polar surface area (TPSA) is 132 Å². The van der Waals surface area contributed by atoms with E-state index in [1.807, 2.05) is 0 Å². The van der Waals surface area contributed by atoms with Crippen LogP contribution in [0.4, 0.5) is 11.4 Å². The van der Waals surface area contributed by atoms with Crippen LogP contribution < -0.4 is 5.56 Å². The molecule has 0 unspecified atom stereocenters. The van der Waals surface area contributed by atoms with Gasteiger partial charge < -0.3 is 4.98 Å². The number of aryl methyl sites for hydroxylation is 1. The number of hydrogen-bond donors (Lipinski definition) is 1. The number of aromatic nitrogens is 2. The summed E-state index contributed by atoms with van der Waals surface area (Å²) in [5.41, 5.74) is -0.733. The van der Waals surface area contributed by atoms with Gasteiger partial charge in [0.15, 0.2) is 5.16 Å². The first kappa shape index (κ1) is 14.7. The fraction of sp³-hybridized carbons (Fsp3) is 0.0909. The van der Waals surface area contributed by atoms with Crippen LogP contribution in [0.25, 0.3) is 0 Å². The summed E-state index contributed by atoms with van der Waals surface area (Å²) >= 11 is 0.855. The molecule has 0 saturated carbocycles. The molecule has 1 aromatic carbocycles. The molecule has 0 saturated heterocycles. The van der Waals surface area contributed by atoms with Crippen molar-refractivity contribution in [1.82, 2.24) is 9.97 Å². The van der Waals surface area contributed by atoms with Gasteiger partial charge in [-0.15, -0.1) is 0 Å². The van der Waals surface area contributed by atoms with Crippen molar-refractivity contribution in [2.45, 2.75) is 17.0 Å². The van der Waals surface area contributed by atoms with Gasteiger partial charge in [-0.25, -0.2) is 4.98 Å². The molecule has 9 nitrogen and oxygen atoms in total. The minimum atomic E-state index is -0.721. The zero-order valence-electron chi connectivity index (χ0n) is 10.6. The van der Waals surface area contributed by atoms with Gasteiger partial charge in [0.1, 0.15) is 0 Å². The predicted octanol–water partition coefficient (Wildman–Crippen LogP) is 2.05. The quantitative estimate of drug-likeness (QED) is 0.519. The molecular formula is C11H8N4O5S. The number of H-pyrrole nitrogens is 1. The lowest BCUT2D eigenvalue weighted by molar-refractivity contribution is -0.396. The second-order valence-electron chi connectivity index (χ2n) is 3.97. The van der Waals surface area contributed by atoms with Gasteiger partial charge in [-0.1, -0.05) is 0 Å². The van der Waals surface area contributed by atoms with Gasteiger partial charge in [0.2, 0.25) is 0 Å². The molecule has 21 heavy (non-hydrogen) atoms. The number of nitro benzene ring substituents is 2. The lowest BCUT2D eigenvalue weighted by Gasteiger charge is -2.02. The van der Waals surface area contributed by atoms with E-state index in [9.17, 15) is 25.0 Å².